The number of morpholine rings is 1. The predicted molar refractivity (Wildman–Crippen MR) is 115 cm³/mol. The molecule has 3 aliphatic rings. The molecule has 0 radical (unpaired) electrons. The molecule has 3 fully saturated rings. The van der Waals surface area contributed by atoms with Crippen molar-refractivity contribution in [2.45, 2.75) is 51.7 Å². The highest BCUT2D eigenvalue weighted by Gasteiger charge is 2.56. The molecule has 2 saturated heterocycles. The molecule has 0 spiro atoms. The molecule has 1 aromatic rings. The number of benzene rings is 1. The number of amides is 1. The van der Waals surface area contributed by atoms with E-state index < -0.39 is 0 Å². The normalized spacial score (nSPS) is 30.4. The van der Waals surface area contributed by atoms with Crippen LogP contribution in [0.4, 0.5) is 0 Å². The summed E-state index contributed by atoms with van der Waals surface area (Å²) in [7, 11) is 0. The Balaban J connectivity index is 1.55. The molecule has 5 nitrogen and oxygen atoms in total. The number of quaternary nitrogens is 1. The lowest BCUT2D eigenvalue weighted by Gasteiger charge is -2.52. The summed E-state index contributed by atoms with van der Waals surface area (Å²) >= 11 is 0. The molecule has 1 aromatic carbocycles. The first-order valence-corrected chi connectivity index (χ1v) is 11.5. The molecule has 5 heteroatoms. The summed E-state index contributed by atoms with van der Waals surface area (Å²) in [5.41, 5.74) is 7.43. The number of carbonyl (C=O) groups excluding carboxylic acids is 1. The number of nitrogens with two attached hydrogens (primary N) is 1. The van der Waals surface area contributed by atoms with Crippen LogP contribution < -0.4 is 5.73 Å². The Hall–Kier alpha value is -1.43. The number of likely N-dealkylation sites (tertiary alicyclic amines) is 1. The van der Waals surface area contributed by atoms with Crippen molar-refractivity contribution in [3.05, 3.63) is 35.9 Å². The summed E-state index contributed by atoms with van der Waals surface area (Å²) in [6.07, 6.45) is 3.40. The Kier molecular flexibility index (Phi) is 6.28. The second-order valence-electron chi connectivity index (χ2n) is 9.96. The minimum Gasteiger partial charge on any atom is -0.370 e. The van der Waals surface area contributed by atoms with Crippen molar-refractivity contribution in [1.29, 1.82) is 0 Å². The van der Waals surface area contributed by atoms with Crippen molar-refractivity contribution >= 4 is 5.91 Å². The molecule has 2 aliphatic heterocycles. The maximum absolute atomic E-state index is 12.6. The van der Waals surface area contributed by atoms with Crippen LogP contribution >= 0.6 is 0 Å². The lowest BCUT2D eigenvalue weighted by atomic mass is 9.89. The van der Waals surface area contributed by atoms with Crippen LogP contribution in [0.1, 0.15) is 38.7 Å². The minimum atomic E-state index is -0.108. The van der Waals surface area contributed by atoms with E-state index in [4.69, 9.17) is 10.5 Å². The Bertz CT molecular complexity index is 687. The van der Waals surface area contributed by atoms with Gasteiger partial charge < -0.3 is 15.0 Å². The van der Waals surface area contributed by atoms with E-state index in [9.17, 15) is 4.79 Å². The van der Waals surface area contributed by atoms with Gasteiger partial charge >= 0.3 is 0 Å². The average molecular weight is 401 g/mol. The molecule has 4 atom stereocenters. The van der Waals surface area contributed by atoms with E-state index in [2.05, 4.69) is 49.1 Å². The maximum Gasteiger partial charge on any atom is 0.275 e. The second kappa shape index (κ2) is 8.75. The zero-order valence-electron chi connectivity index (χ0n) is 18.1. The van der Waals surface area contributed by atoms with E-state index >= 15 is 0 Å². The smallest absolute Gasteiger partial charge is 0.275 e. The molecule has 1 aliphatic carbocycles. The summed E-state index contributed by atoms with van der Waals surface area (Å²) in [6, 6.07) is 11.3. The van der Waals surface area contributed by atoms with E-state index in [0.29, 0.717) is 17.9 Å². The number of carbonyl (C=O) groups is 1. The highest BCUT2D eigenvalue weighted by molar-refractivity contribution is 5.78. The van der Waals surface area contributed by atoms with E-state index in [1.807, 2.05) is 0 Å². The van der Waals surface area contributed by atoms with E-state index in [0.717, 1.165) is 56.2 Å². The summed E-state index contributed by atoms with van der Waals surface area (Å²) in [4.78, 5) is 15.3. The lowest BCUT2D eigenvalue weighted by molar-refractivity contribution is -0.974. The molecule has 0 aromatic heterocycles. The second-order valence-corrected chi connectivity index (χ2v) is 9.96. The molecule has 1 amide bonds. The van der Waals surface area contributed by atoms with Crippen LogP contribution in [0.2, 0.25) is 0 Å². The van der Waals surface area contributed by atoms with E-state index in [1.54, 1.807) is 0 Å². The first-order valence-electron chi connectivity index (χ1n) is 11.5. The third-order valence-electron chi connectivity index (χ3n) is 7.75. The third-order valence-corrected chi connectivity index (χ3v) is 7.75. The quantitative estimate of drug-likeness (QED) is 0.716. The van der Waals surface area contributed by atoms with Gasteiger partial charge in [0.15, 0.2) is 6.04 Å². The van der Waals surface area contributed by atoms with Crippen molar-refractivity contribution in [1.82, 2.24) is 4.90 Å². The fourth-order valence-electron chi connectivity index (χ4n) is 6.52. The van der Waals surface area contributed by atoms with Gasteiger partial charge in [-0.15, -0.1) is 0 Å². The van der Waals surface area contributed by atoms with Gasteiger partial charge in [-0.05, 0) is 23.8 Å². The Morgan fingerprint density at radius 1 is 1.17 bits per heavy atom. The van der Waals surface area contributed by atoms with Gasteiger partial charge in [0.1, 0.15) is 13.1 Å². The van der Waals surface area contributed by atoms with E-state index in [1.165, 1.54) is 24.9 Å². The largest absolute Gasteiger partial charge is 0.370 e. The molecule has 160 valence electrons. The van der Waals surface area contributed by atoms with Gasteiger partial charge in [0, 0.05) is 38.4 Å². The van der Waals surface area contributed by atoms with Crippen LogP contribution in [-0.4, -0.2) is 66.8 Å². The van der Waals surface area contributed by atoms with Crippen LogP contribution in [0.15, 0.2) is 30.3 Å². The van der Waals surface area contributed by atoms with Crippen LogP contribution in [0, 0.1) is 17.8 Å². The standard InChI is InChI=1S/C24H37N3O2/c1-18(2)14-23(24(25)28)27(10-12-29-13-11-27)22-9-8-20-16-26(17-21(20)22)15-19-6-4-3-5-7-19/h3-7,18,20-23H,8-17H2,1-2H3,(H-,25,28)/p+1/t20-,21?,22?,23?/m0/s1. The number of hydrogen-bond acceptors (Lipinski definition) is 3. The molecule has 2 N–H and O–H groups in total. The van der Waals surface area contributed by atoms with E-state index in [-0.39, 0.29) is 11.9 Å². The number of ether oxygens (including phenoxy) is 1. The van der Waals surface area contributed by atoms with Crippen molar-refractivity contribution < 1.29 is 14.0 Å². The van der Waals surface area contributed by atoms with Crippen molar-refractivity contribution in [2.24, 2.45) is 23.5 Å². The summed E-state index contributed by atoms with van der Waals surface area (Å²) in [5, 5.41) is 0. The van der Waals surface area contributed by atoms with Crippen LogP contribution in [0.5, 0.6) is 0 Å². The monoisotopic (exact) mass is 400 g/mol. The van der Waals surface area contributed by atoms with Gasteiger partial charge in [-0.25, -0.2) is 0 Å². The summed E-state index contributed by atoms with van der Waals surface area (Å²) in [5.74, 6) is 1.80. The Labute approximate surface area is 175 Å². The molecular formula is C24H38N3O2+. The molecule has 3 unspecified atom stereocenters. The van der Waals surface area contributed by atoms with Gasteiger partial charge in [-0.2, -0.15) is 0 Å². The summed E-state index contributed by atoms with van der Waals surface area (Å²) in [6.45, 7) is 11.2. The highest BCUT2D eigenvalue weighted by Crippen LogP contribution is 2.45. The number of nitrogens with zero attached hydrogens (tertiary/aromatic N) is 2. The van der Waals surface area contributed by atoms with Gasteiger partial charge in [0.25, 0.3) is 5.91 Å². The SMILES string of the molecule is CC(C)CC(C(N)=O)[N+]1(C2CC[C@H]3CN(Cc4ccccc4)CC23)CCOCC1. The molecule has 2 heterocycles. The number of hydrogen-bond donors (Lipinski definition) is 1. The van der Waals surface area contributed by atoms with Crippen LogP contribution in [-0.2, 0) is 16.1 Å². The number of primary amides is 1. The van der Waals surface area contributed by atoms with Crippen LogP contribution in [0.3, 0.4) is 0 Å². The maximum atomic E-state index is 12.6. The third kappa shape index (κ3) is 4.23. The van der Waals surface area contributed by atoms with Crippen molar-refractivity contribution in [3.63, 3.8) is 0 Å². The Morgan fingerprint density at radius 3 is 2.55 bits per heavy atom. The zero-order valence-corrected chi connectivity index (χ0v) is 18.1. The molecule has 0 bridgehead atoms. The highest BCUT2D eigenvalue weighted by atomic mass is 16.5. The van der Waals surface area contributed by atoms with Crippen molar-refractivity contribution in [3.8, 4) is 0 Å². The van der Waals surface area contributed by atoms with Crippen molar-refractivity contribution in [2.75, 3.05) is 39.4 Å². The first-order chi connectivity index (χ1) is 14.0. The van der Waals surface area contributed by atoms with Gasteiger partial charge in [-0.1, -0.05) is 44.2 Å². The molecule has 1 saturated carbocycles. The topological polar surface area (TPSA) is 55.6 Å². The zero-order chi connectivity index (χ0) is 20.4. The summed E-state index contributed by atoms with van der Waals surface area (Å²) < 4.78 is 6.64. The average Bonchev–Trinajstić information content (AvgIpc) is 3.27. The number of fused-ring (bicyclic) bond motifs is 1. The first kappa shape index (κ1) is 20.8. The van der Waals surface area contributed by atoms with Crippen LogP contribution in [0.25, 0.3) is 0 Å². The Morgan fingerprint density at radius 2 is 1.90 bits per heavy atom. The molecular weight excluding hydrogens is 362 g/mol. The van der Waals surface area contributed by atoms with Gasteiger partial charge in [0.2, 0.25) is 0 Å². The minimum absolute atomic E-state index is 0.0779. The fraction of sp³-hybridized carbons (Fsp3) is 0.708. The van der Waals surface area contributed by atoms with Gasteiger partial charge in [-0.3, -0.25) is 9.69 Å². The lowest BCUT2D eigenvalue weighted by Crippen LogP contribution is -2.70. The molecule has 29 heavy (non-hydrogen) atoms. The van der Waals surface area contributed by atoms with Gasteiger partial charge in [0.05, 0.1) is 19.3 Å². The number of rotatable bonds is 7. The molecule has 4 rings (SSSR count). The fourth-order valence-corrected chi connectivity index (χ4v) is 6.52. The predicted octanol–water partition coefficient (Wildman–Crippen LogP) is 2.64.